The van der Waals surface area contributed by atoms with Gasteiger partial charge in [-0.15, -0.1) is 6.58 Å². The van der Waals surface area contributed by atoms with Crippen LogP contribution in [0.4, 0.5) is 0 Å². The summed E-state index contributed by atoms with van der Waals surface area (Å²) in [6, 6.07) is 4.92. The predicted molar refractivity (Wildman–Crippen MR) is 60.5 cm³/mol. The van der Waals surface area contributed by atoms with Gasteiger partial charge in [-0.05, 0) is 18.2 Å². The van der Waals surface area contributed by atoms with Gasteiger partial charge in [0.2, 0.25) is 0 Å². The first kappa shape index (κ1) is 11.6. The van der Waals surface area contributed by atoms with Crippen LogP contribution in [0.1, 0.15) is 10.4 Å². The number of benzene rings is 1. The van der Waals surface area contributed by atoms with Gasteiger partial charge < -0.3 is 10.1 Å². The fourth-order valence-corrected chi connectivity index (χ4v) is 1.32. The lowest BCUT2D eigenvalue weighted by atomic mass is 10.2. The van der Waals surface area contributed by atoms with Crippen molar-refractivity contribution in [3.05, 3.63) is 41.4 Å². The monoisotopic (exact) mass is 225 g/mol. The summed E-state index contributed by atoms with van der Waals surface area (Å²) in [5.41, 5.74) is 0.430. The van der Waals surface area contributed by atoms with Crippen LogP contribution in [-0.4, -0.2) is 19.6 Å². The van der Waals surface area contributed by atoms with Crippen molar-refractivity contribution in [3.8, 4) is 5.75 Å². The summed E-state index contributed by atoms with van der Waals surface area (Å²) in [7, 11) is 1.54. The van der Waals surface area contributed by atoms with Gasteiger partial charge in [-0.3, -0.25) is 4.79 Å². The fourth-order valence-electron chi connectivity index (χ4n) is 1.07. The minimum Gasteiger partial charge on any atom is -0.497 e. The van der Waals surface area contributed by atoms with Crippen molar-refractivity contribution in [1.82, 2.24) is 5.32 Å². The van der Waals surface area contributed by atoms with Crippen LogP contribution < -0.4 is 10.1 Å². The molecule has 0 aromatic heterocycles. The topological polar surface area (TPSA) is 38.3 Å². The number of carbonyl (C=O) groups excluding carboxylic acids is 1. The van der Waals surface area contributed by atoms with E-state index in [0.29, 0.717) is 22.9 Å². The average molecular weight is 226 g/mol. The van der Waals surface area contributed by atoms with Crippen LogP contribution in [0.5, 0.6) is 5.75 Å². The number of halogens is 1. The Balaban J connectivity index is 2.85. The molecule has 0 aliphatic carbocycles. The molecule has 1 aromatic rings. The maximum Gasteiger partial charge on any atom is 0.253 e. The smallest absolute Gasteiger partial charge is 0.253 e. The Morgan fingerprint density at radius 2 is 2.40 bits per heavy atom. The molecule has 15 heavy (non-hydrogen) atoms. The number of nitrogens with one attached hydrogen (secondary N) is 1. The number of ether oxygens (including phenoxy) is 1. The van der Waals surface area contributed by atoms with E-state index in [4.69, 9.17) is 16.3 Å². The molecule has 1 N–H and O–H groups in total. The molecule has 0 saturated carbocycles. The van der Waals surface area contributed by atoms with Crippen molar-refractivity contribution >= 4 is 17.5 Å². The molecule has 1 amide bonds. The van der Waals surface area contributed by atoms with E-state index in [2.05, 4.69) is 11.9 Å². The van der Waals surface area contributed by atoms with Crippen LogP contribution in [0.3, 0.4) is 0 Å². The number of amides is 1. The molecule has 0 atom stereocenters. The second-order valence-corrected chi connectivity index (χ2v) is 3.25. The lowest BCUT2D eigenvalue weighted by Gasteiger charge is -2.06. The number of methoxy groups -OCH3 is 1. The predicted octanol–water partition coefficient (Wildman–Crippen LogP) is 2.26. The van der Waals surface area contributed by atoms with Gasteiger partial charge in [0.05, 0.1) is 17.7 Å². The maximum atomic E-state index is 11.5. The Hall–Kier alpha value is -1.48. The van der Waals surface area contributed by atoms with Crippen molar-refractivity contribution in [2.75, 3.05) is 13.7 Å². The first-order valence-corrected chi connectivity index (χ1v) is 4.79. The van der Waals surface area contributed by atoms with E-state index in [0.717, 1.165) is 0 Å². The summed E-state index contributed by atoms with van der Waals surface area (Å²) in [5, 5.41) is 3.02. The summed E-state index contributed by atoms with van der Waals surface area (Å²) in [5.74, 6) is 0.405. The second-order valence-electron chi connectivity index (χ2n) is 2.84. The van der Waals surface area contributed by atoms with E-state index in [1.807, 2.05) is 0 Å². The second kappa shape index (κ2) is 5.41. The van der Waals surface area contributed by atoms with Gasteiger partial charge in [0.15, 0.2) is 0 Å². The Morgan fingerprint density at radius 1 is 1.67 bits per heavy atom. The highest BCUT2D eigenvalue weighted by Crippen LogP contribution is 2.22. The molecule has 0 bridgehead atoms. The zero-order chi connectivity index (χ0) is 11.3. The number of hydrogen-bond acceptors (Lipinski definition) is 2. The lowest BCUT2D eigenvalue weighted by Crippen LogP contribution is -2.23. The van der Waals surface area contributed by atoms with Crippen LogP contribution >= 0.6 is 11.6 Å². The van der Waals surface area contributed by atoms with E-state index in [1.54, 1.807) is 31.4 Å². The van der Waals surface area contributed by atoms with Crippen LogP contribution in [-0.2, 0) is 0 Å². The molecule has 1 rings (SSSR count). The molecular formula is C11H12ClNO2. The highest BCUT2D eigenvalue weighted by atomic mass is 35.5. The molecule has 4 heteroatoms. The zero-order valence-electron chi connectivity index (χ0n) is 8.42. The van der Waals surface area contributed by atoms with Crippen LogP contribution in [0.25, 0.3) is 0 Å². The molecule has 0 radical (unpaired) electrons. The standard InChI is InChI=1S/C11H12ClNO2/c1-3-6-13-11(14)9-5-4-8(15-2)7-10(9)12/h3-5,7H,1,6H2,2H3,(H,13,14). The van der Waals surface area contributed by atoms with E-state index < -0.39 is 0 Å². The summed E-state index contributed by atoms with van der Waals surface area (Å²) in [6.07, 6.45) is 1.61. The normalized spacial score (nSPS) is 9.47. The minimum absolute atomic E-state index is 0.220. The van der Waals surface area contributed by atoms with E-state index in [9.17, 15) is 4.79 Å². The van der Waals surface area contributed by atoms with Gasteiger partial charge in [0, 0.05) is 6.54 Å². The SMILES string of the molecule is C=CCNC(=O)c1ccc(OC)cc1Cl. The van der Waals surface area contributed by atoms with Gasteiger partial charge >= 0.3 is 0 Å². The summed E-state index contributed by atoms with van der Waals surface area (Å²) in [6.45, 7) is 3.93. The molecule has 0 heterocycles. The third kappa shape index (κ3) is 2.99. The Bertz CT molecular complexity index is 377. The highest BCUT2D eigenvalue weighted by molar-refractivity contribution is 6.34. The van der Waals surface area contributed by atoms with Gasteiger partial charge in [-0.1, -0.05) is 17.7 Å². The molecule has 0 spiro atoms. The van der Waals surface area contributed by atoms with Crippen LogP contribution in [0, 0.1) is 0 Å². The highest BCUT2D eigenvalue weighted by Gasteiger charge is 2.09. The number of hydrogen-bond donors (Lipinski definition) is 1. The summed E-state index contributed by atoms with van der Waals surface area (Å²) < 4.78 is 4.98. The molecule has 1 aromatic carbocycles. The lowest BCUT2D eigenvalue weighted by molar-refractivity contribution is 0.0958. The third-order valence-electron chi connectivity index (χ3n) is 1.83. The van der Waals surface area contributed by atoms with E-state index >= 15 is 0 Å². The van der Waals surface area contributed by atoms with Crippen LogP contribution in [0.2, 0.25) is 5.02 Å². The first-order valence-electron chi connectivity index (χ1n) is 4.41. The van der Waals surface area contributed by atoms with Crippen molar-refractivity contribution in [2.45, 2.75) is 0 Å². The fraction of sp³-hybridized carbons (Fsp3) is 0.182. The maximum absolute atomic E-state index is 11.5. The molecule has 0 aliphatic heterocycles. The summed E-state index contributed by atoms with van der Waals surface area (Å²) >= 11 is 5.92. The molecular weight excluding hydrogens is 214 g/mol. The number of carbonyl (C=O) groups is 1. The Morgan fingerprint density at radius 3 is 2.93 bits per heavy atom. The molecule has 80 valence electrons. The van der Waals surface area contributed by atoms with E-state index in [1.165, 1.54) is 0 Å². The van der Waals surface area contributed by atoms with Crippen LogP contribution in [0.15, 0.2) is 30.9 Å². The molecule has 0 fully saturated rings. The molecule has 0 aliphatic rings. The number of rotatable bonds is 4. The van der Waals surface area contributed by atoms with Gasteiger partial charge in [-0.2, -0.15) is 0 Å². The molecule has 0 saturated heterocycles. The van der Waals surface area contributed by atoms with Gasteiger partial charge in [0.1, 0.15) is 5.75 Å². The van der Waals surface area contributed by atoms with Crippen molar-refractivity contribution < 1.29 is 9.53 Å². The van der Waals surface area contributed by atoms with Crippen molar-refractivity contribution in [3.63, 3.8) is 0 Å². The van der Waals surface area contributed by atoms with Gasteiger partial charge in [-0.25, -0.2) is 0 Å². The Kier molecular flexibility index (Phi) is 4.18. The molecule has 0 unspecified atom stereocenters. The third-order valence-corrected chi connectivity index (χ3v) is 2.14. The van der Waals surface area contributed by atoms with Gasteiger partial charge in [0.25, 0.3) is 5.91 Å². The largest absolute Gasteiger partial charge is 0.497 e. The van der Waals surface area contributed by atoms with Crippen molar-refractivity contribution in [2.24, 2.45) is 0 Å². The quantitative estimate of drug-likeness (QED) is 0.799. The summed E-state index contributed by atoms with van der Waals surface area (Å²) in [4.78, 5) is 11.5. The average Bonchev–Trinajstić information content (AvgIpc) is 2.25. The van der Waals surface area contributed by atoms with Crippen molar-refractivity contribution in [1.29, 1.82) is 0 Å². The first-order chi connectivity index (χ1) is 7.19. The molecule has 3 nitrogen and oxygen atoms in total. The minimum atomic E-state index is -0.220. The Labute approximate surface area is 93.7 Å². The zero-order valence-corrected chi connectivity index (χ0v) is 9.17. The van der Waals surface area contributed by atoms with E-state index in [-0.39, 0.29) is 5.91 Å².